The maximum Gasteiger partial charge on any atom is 0.0540 e. The number of unbranched alkanes of at least 4 members (excludes halogenated alkanes) is 7. The minimum absolute atomic E-state index is 0.857. The van der Waals surface area contributed by atoms with E-state index in [0.717, 1.165) is 12.1 Å². The fourth-order valence-corrected chi connectivity index (χ4v) is 1.56. The summed E-state index contributed by atoms with van der Waals surface area (Å²) >= 11 is 0. The summed E-state index contributed by atoms with van der Waals surface area (Å²) in [7, 11) is 0. The standard InChI is InChI=1S/C12H25NO/c1-3-4-5-6-7-8-9-10-11-12(2)13-14/h14H,3-11H2,1-2H3/b13-12-. The molecular weight excluding hydrogens is 174 g/mol. The molecule has 0 aromatic rings. The number of hydrogen-bond donors (Lipinski definition) is 1. The van der Waals surface area contributed by atoms with E-state index >= 15 is 0 Å². The van der Waals surface area contributed by atoms with Gasteiger partial charge in [-0.1, -0.05) is 57.0 Å². The topological polar surface area (TPSA) is 32.6 Å². The highest BCUT2D eigenvalue weighted by atomic mass is 16.4. The maximum absolute atomic E-state index is 8.42. The normalized spacial score (nSPS) is 12.0. The Hall–Kier alpha value is -0.530. The molecule has 0 aliphatic heterocycles. The second kappa shape index (κ2) is 10.6. The highest BCUT2D eigenvalue weighted by Crippen LogP contribution is 2.09. The molecule has 0 spiro atoms. The zero-order valence-corrected chi connectivity index (χ0v) is 9.76. The molecule has 0 aliphatic rings. The Balaban J connectivity index is 2.99. The van der Waals surface area contributed by atoms with Gasteiger partial charge in [-0.2, -0.15) is 0 Å². The van der Waals surface area contributed by atoms with E-state index in [0.29, 0.717) is 0 Å². The van der Waals surface area contributed by atoms with Crippen molar-refractivity contribution in [2.45, 2.75) is 71.6 Å². The Morgan fingerprint density at radius 1 is 0.929 bits per heavy atom. The fourth-order valence-electron chi connectivity index (χ4n) is 1.56. The van der Waals surface area contributed by atoms with Crippen LogP contribution < -0.4 is 0 Å². The molecule has 0 aromatic heterocycles. The summed E-state index contributed by atoms with van der Waals surface area (Å²) < 4.78 is 0. The number of rotatable bonds is 9. The van der Waals surface area contributed by atoms with Crippen molar-refractivity contribution < 1.29 is 5.21 Å². The van der Waals surface area contributed by atoms with Gasteiger partial charge in [0.05, 0.1) is 5.71 Å². The zero-order valence-electron chi connectivity index (χ0n) is 9.76. The van der Waals surface area contributed by atoms with Crippen molar-refractivity contribution in [3.8, 4) is 0 Å². The summed E-state index contributed by atoms with van der Waals surface area (Å²) in [6.45, 7) is 4.12. The third kappa shape index (κ3) is 9.56. The minimum Gasteiger partial charge on any atom is -0.411 e. The van der Waals surface area contributed by atoms with Crippen LogP contribution in [0.3, 0.4) is 0 Å². The van der Waals surface area contributed by atoms with Gasteiger partial charge in [-0.15, -0.1) is 0 Å². The molecule has 0 aliphatic carbocycles. The van der Waals surface area contributed by atoms with E-state index in [-0.39, 0.29) is 0 Å². The Morgan fingerprint density at radius 3 is 1.93 bits per heavy atom. The summed E-state index contributed by atoms with van der Waals surface area (Å²) in [5.41, 5.74) is 0.857. The molecule has 0 saturated carbocycles. The first-order valence-corrected chi connectivity index (χ1v) is 5.98. The van der Waals surface area contributed by atoms with Crippen LogP contribution in [-0.2, 0) is 0 Å². The lowest BCUT2D eigenvalue weighted by molar-refractivity contribution is 0.317. The van der Waals surface area contributed by atoms with E-state index < -0.39 is 0 Å². The van der Waals surface area contributed by atoms with Gasteiger partial charge in [-0.05, 0) is 19.8 Å². The molecule has 0 amide bonds. The second-order valence-corrected chi connectivity index (χ2v) is 4.06. The molecule has 0 rings (SSSR count). The molecule has 1 N–H and O–H groups in total. The number of nitrogens with zero attached hydrogens (tertiary/aromatic N) is 1. The van der Waals surface area contributed by atoms with Crippen molar-refractivity contribution in [3.63, 3.8) is 0 Å². The lowest BCUT2D eigenvalue weighted by atomic mass is 10.1. The van der Waals surface area contributed by atoms with Crippen molar-refractivity contribution in [1.82, 2.24) is 0 Å². The fraction of sp³-hybridized carbons (Fsp3) is 0.917. The van der Waals surface area contributed by atoms with Crippen LogP contribution in [0.25, 0.3) is 0 Å². The quantitative estimate of drug-likeness (QED) is 0.254. The average molecular weight is 199 g/mol. The van der Waals surface area contributed by atoms with Gasteiger partial charge in [0, 0.05) is 0 Å². The number of oxime groups is 1. The smallest absolute Gasteiger partial charge is 0.0540 e. The second-order valence-electron chi connectivity index (χ2n) is 4.06. The van der Waals surface area contributed by atoms with Gasteiger partial charge in [-0.3, -0.25) is 0 Å². The molecule has 0 aromatic carbocycles. The Kier molecular flexibility index (Phi) is 10.2. The van der Waals surface area contributed by atoms with E-state index in [1.165, 1.54) is 51.4 Å². The SMILES string of the molecule is CCCCCCCCCC/C(C)=N\O. The molecule has 0 saturated heterocycles. The van der Waals surface area contributed by atoms with Gasteiger partial charge in [0.1, 0.15) is 0 Å². The first-order chi connectivity index (χ1) is 6.81. The zero-order chi connectivity index (χ0) is 10.6. The van der Waals surface area contributed by atoms with Crippen LogP contribution in [0.15, 0.2) is 5.16 Å². The third-order valence-electron chi connectivity index (χ3n) is 2.56. The van der Waals surface area contributed by atoms with Gasteiger partial charge in [0.2, 0.25) is 0 Å². The van der Waals surface area contributed by atoms with Gasteiger partial charge in [0.15, 0.2) is 0 Å². The van der Waals surface area contributed by atoms with E-state index in [2.05, 4.69) is 12.1 Å². The van der Waals surface area contributed by atoms with Crippen LogP contribution >= 0.6 is 0 Å². The van der Waals surface area contributed by atoms with E-state index in [1.807, 2.05) is 6.92 Å². The van der Waals surface area contributed by atoms with Gasteiger partial charge in [0.25, 0.3) is 0 Å². The Bertz CT molecular complexity index is 143. The van der Waals surface area contributed by atoms with Crippen molar-refractivity contribution in [3.05, 3.63) is 0 Å². The van der Waals surface area contributed by atoms with Crippen molar-refractivity contribution in [1.29, 1.82) is 0 Å². The van der Waals surface area contributed by atoms with Crippen LogP contribution in [-0.4, -0.2) is 10.9 Å². The monoisotopic (exact) mass is 199 g/mol. The summed E-state index contributed by atoms with van der Waals surface area (Å²) in [4.78, 5) is 0. The minimum atomic E-state index is 0.857. The maximum atomic E-state index is 8.42. The molecule has 84 valence electrons. The van der Waals surface area contributed by atoms with E-state index in [9.17, 15) is 0 Å². The van der Waals surface area contributed by atoms with Crippen LogP contribution in [0.5, 0.6) is 0 Å². The summed E-state index contributed by atoms with van der Waals surface area (Å²) in [6, 6.07) is 0. The van der Waals surface area contributed by atoms with Crippen molar-refractivity contribution in [2.75, 3.05) is 0 Å². The molecule has 0 heterocycles. The molecule has 2 nitrogen and oxygen atoms in total. The van der Waals surface area contributed by atoms with E-state index in [1.54, 1.807) is 0 Å². The molecule has 0 bridgehead atoms. The summed E-state index contributed by atoms with van der Waals surface area (Å²) in [5.74, 6) is 0. The largest absolute Gasteiger partial charge is 0.411 e. The number of hydrogen-bond acceptors (Lipinski definition) is 2. The molecule has 0 radical (unpaired) electrons. The predicted octanol–water partition coefficient (Wildman–Crippen LogP) is 4.37. The lowest BCUT2D eigenvalue weighted by Crippen LogP contribution is -1.90. The van der Waals surface area contributed by atoms with Crippen LogP contribution in [0.1, 0.15) is 71.6 Å². The summed E-state index contributed by atoms with van der Waals surface area (Å²) in [5, 5.41) is 11.6. The molecule has 2 heteroatoms. The molecule has 14 heavy (non-hydrogen) atoms. The molecule has 0 fully saturated rings. The molecular formula is C12H25NO. The summed E-state index contributed by atoms with van der Waals surface area (Å²) in [6.07, 6.45) is 11.6. The highest BCUT2D eigenvalue weighted by molar-refractivity contribution is 5.81. The molecule has 0 atom stereocenters. The van der Waals surface area contributed by atoms with Gasteiger partial charge in [-0.25, -0.2) is 0 Å². The Morgan fingerprint density at radius 2 is 1.43 bits per heavy atom. The third-order valence-corrected chi connectivity index (χ3v) is 2.56. The van der Waals surface area contributed by atoms with Crippen molar-refractivity contribution in [2.24, 2.45) is 5.16 Å². The average Bonchev–Trinajstić information content (AvgIpc) is 2.21. The predicted molar refractivity (Wildman–Crippen MR) is 62.1 cm³/mol. The van der Waals surface area contributed by atoms with Gasteiger partial charge >= 0.3 is 0 Å². The Labute approximate surface area is 88.4 Å². The van der Waals surface area contributed by atoms with Gasteiger partial charge < -0.3 is 5.21 Å². The molecule has 0 unspecified atom stereocenters. The first-order valence-electron chi connectivity index (χ1n) is 5.98. The van der Waals surface area contributed by atoms with Crippen LogP contribution in [0.4, 0.5) is 0 Å². The van der Waals surface area contributed by atoms with Crippen LogP contribution in [0, 0.1) is 0 Å². The first kappa shape index (κ1) is 13.5. The van der Waals surface area contributed by atoms with Crippen LogP contribution in [0.2, 0.25) is 0 Å². The lowest BCUT2D eigenvalue weighted by Gasteiger charge is -2.00. The van der Waals surface area contributed by atoms with E-state index in [4.69, 9.17) is 5.21 Å². The highest BCUT2D eigenvalue weighted by Gasteiger charge is 1.93. The van der Waals surface area contributed by atoms with Crippen molar-refractivity contribution >= 4 is 5.71 Å².